The Balaban J connectivity index is 1.98. The summed E-state index contributed by atoms with van der Waals surface area (Å²) >= 11 is 0. The Bertz CT molecular complexity index is 386. The molecule has 0 saturated carbocycles. The summed E-state index contributed by atoms with van der Waals surface area (Å²) in [7, 11) is 1.99. The molecule has 3 heteroatoms. The van der Waals surface area contributed by atoms with E-state index in [0.717, 1.165) is 18.5 Å². The van der Waals surface area contributed by atoms with Crippen LogP contribution in [0.5, 0.6) is 0 Å². The van der Waals surface area contributed by atoms with Gasteiger partial charge in [0.2, 0.25) is 0 Å². The quantitative estimate of drug-likeness (QED) is 0.847. The number of aromatic nitrogens is 2. The summed E-state index contributed by atoms with van der Waals surface area (Å²) < 4.78 is 0. The molecule has 88 valence electrons. The third kappa shape index (κ3) is 3.64. The van der Waals surface area contributed by atoms with Gasteiger partial charge in [-0.15, -0.1) is 0 Å². The summed E-state index contributed by atoms with van der Waals surface area (Å²) in [6.45, 7) is 0. The summed E-state index contributed by atoms with van der Waals surface area (Å²) in [6.07, 6.45) is 7.45. The van der Waals surface area contributed by atoms with Crippen LogP contribution in [0.15, 0.2) is 48.9 Å². The summed E-state index contributed by atoms with van der Waals surface area (Å²) in [5, 5.41) is 3.34. The van der Waals surface area contributed by atoms with E-state index in [1.165, 1.54) is 5.56 Å². The number of nitrogens with one attached hydrogen (secondary N) is 1. The first kappa shape index (κ1) is 11.7. The fourth-order valence-electron chi connectivity index (χ4n) is 1.85. The zero-order valence-corrected chi connectivity index (χ0v) is 10.0. The standard InChI is InChI=1S/C14H17N3/c1-15-14(10-12-5-8-16-9-6-12)11-13-4-2-3-7-17-13/h2-9,14-15H,10-11H2,1H3. The zero-order valence-electron chi connectivity index (χ0n) is 10.0. The van der Waals surface area contributed by atoms with E-state index < -0.39 is 0 Å². The fraction of sp³-hybridized carbons (Fsp3) is 0.286. The maximum atomic E-state index is 4.36. The van der Waals surface area contributed by atoms with Gasteiger partial charge in [-0.05, 0) is 43.3 Å². The number of nitrogens with zero attached hydrogens (tertiary/aromatic N) is 2. The first-order valence-electron chi connectivity index (χ1n) is 5.84. The summed E-state index contributed by atoms with van der Waals surface area (Å²) in [6, 6.07) is 10.6. The number of likely N-dealkylation sites (N-methyl/N-ethyl adjacent to an activating group) is 1. The van der Waals surface area contributed by atoms with Crippen LogP contribution in [-0.2, 0) is 12.8 Å². The average molecular weight is 227 g/mol. The molecule has 0 saturated heterocycles. The molecule has 0 aromatic carbocycles. The van der Waals surface area contributed by atoms with Crippen LogP contribution in [0.4, 0.5) is 0 Å². The van der Waals surface area contributed by atoms with E-state index in [-0.39, 0.29) is 0 Å². The third-order valence-corrected chi connectivity index (χ3v) is 2.82. The lowest BCUT2D eigenvalue weighted by atomic mass is 10.0. The molecule has 1 atom stereocenters. The van der Waals surface area contributed by atoms with Crippen molar-refractivity contribution in [1.29, 1.82) is 0 Å². The zero-order chi connectivity index (χ0) is 11.9. The van der Waals surface area contributed by atoms with E-state index in [9.17, 15) is 0 Å². The predicted molar refractivity (Wildman–Crippen MR) is 68.7 cm³/mol. The molecule has 0 fully saturated rings. The Labute approximate surface area is 102 Å². The van der Waals surface area contributed by atoms with Crippen molar-refractivity contribution >= 4 is 0 Å². The van der Waals surface area contributed by atoms with Gasteiger partial charge in [0.05, 0.1) is 0 Å². The van der Waals surface area contributed by atoms with Crippen molar-refractivity contribution in [2.75, 3.05) is 7.05 Å². The molecular weight excluding hydrogens is 210 g/mol. The van der Waals surface area contributed by atoms with Crippen molar-refractivity contribution in [1.82, 2.24) is 15.3 Å². The maximum absolute atomic E-state index is 4.36. The van der Waals surface area contributed by atoms with Gasteiger partial charge in [-0.25, -0.2) is 0 Å². The maximum Gasteiger partial charge on any atom is 0.0419 e. The Hall–Kier alpha value is -1.74. The van der Waals surface area contributed by atoms with E-state index >= 15 is 0 Å². The molecule has 1 unspecified atom stereocenters. The highest BCUT2D eigenvalue weighted by atomic mass is 14.9. The predicted octanol–water partition coefficient (Wildman–Crippen LogP) is 1.85. The second-order valence-corrected chi connectivity index (χ2v) is 4.07. The monoisotopic (exact) mass is 227 g/mol. The Morgan fingerprint density at radius 2 is 1.88 bits per heavy atom. The van der Waals surface area contributed by atoms with Crippen molar-refractivity contribution in [2.45, 2.75) is 18.9 Å². The van der Waals surface area contributed by atoms with Crippen LogP contribution in [0.2, 0.25) is 0 Å². The fourth-order valence-corrected chi connectivity index (χ4v) is 1.85. The number of pyridine rings is 2. The summed E-state index contributed by atoms with van der Waals surface area (Å²) in [4.78, 5) is 8.39. The SMILES string of the molecule is CNC(Cc1ccncc1)Cc1ccccn1. The largest absolute Gasteiger partial charge is 0.316 e. The Morgan fingerprint density at radius 1 is 1.06 bits per heavy atom. The number of hydrogen-bond acceptors (Lipinski definition) is 3. The molecule has 0 bridgehead atoms. The molecule has 0 aliphatic carbocycles. The lowest BCUT2D eigenvalue weighted by Crippen LogP contribution is -2.30. The van der Waals surface area contributed by atoms with Crippen molar-refractivity contribution in [3.63, 3.8) is 0 Å². The highest BCUT2D eigenvalue weighted by Crippen LogP contribution is 2.06. The van der Waals surface area contributed by atoms with Gasteiger partial charge in [0, 0.05) is 36.7 Å². The van der Waals surface area contributed by atoms with Crippen LogP contribution < -0.4 is 5.32 Å². The molecule has 0 aliphatic heterocycles. The van der Waals surface area contributed by atoms with Crippen LogP contribution in [0.3, 0.4) is 0 Å². The normalized spacial score (nSPS) is 12.3. The highest BCUT2D eigenvalue weighted by molar-refractivity contribution is 5.13. The lowest BCUT2D eigenvalue weighted by molar-refractivity contribution is 0.550. The van der Waals surface area contributed by atoms with Crippen LogP contribution in [0, 0.1) is 0 Å². The van der Waals surface area contributed by atoms with Crippen LogP contribution in [0.1, 0.15) is 11.3 Å². The van der Waals surface area contributed by atoms with Crippen molar-refractivity contribution in [3.05, 3.63) is 60.2 Å². The van der Waals surface area contributed by atoms with Gasteiger partial charge >= 0.3 is 0 Å². The second kappa shape index (κ2) is 6.11. The van der Waals surface area contributed by atoms with Gasteiger partial charge in [-0.2, -0.15) is 0 Å². The minimum Gasteiger partial charge on any atom is -0.316 e. The van der Waals surface area contributed by atoms with Crippen LogP contribution in [-0.4, -0.2) is 23.1 Å². The molecule has 2 aromatic heterocycles. The minimum absolute atomic E-state index is 0.410. The first-order valence-corrected chi connectivity index (χ1v) is 5.84. The van der Waals surface area contributed by atoms with E-state index in [0.29, 0.717) is 6.04 Å². The third-order valence-electron chi connectivity index (χ3n) is 2.82. The van der Waals surface area contributed by atoms with E-state index in [2.05, 4.69) is 33.5 Å². The highest BCUT2D eigenvalue weighted by Gasteiger charge is 2.08. The topological polar surface area (TPSA) is 37.8 Å². The molecule has 0 amide bonds. The van der Waals surface area contributed by atoms with Crippen molar-refractivity contribution < 1.29 is 0 Å². The van der Waals surface area contributed by atoms with E-state index in [4.69, 9.17) is 0 Å². The summed E-state index contributed by atoms with van der Waals surface area (Å²) in [5.74, 6) is 0. The molecule has 0 spiro atoms. The van der Waals surface area contributed by atoms with Gasteiger partial charge in [0.25, 0.3) is 0 Å². The molecule has 0 radical (unpaired) electrons. The smallest absolute Gasteiger partial charge is 0.0419 e. The van der Waals surface area contributed by atoms with E-state index in [1.54, 1.807) is 0 Å². The molecular formula is C14H17N3. The minimum atomic E-state index is 0.410. The van der Waals surface area contributed by atoms with Gasteiger partial charge in [-0.3, -0.25) is 9.97 Å². The van der Waals surface area contributed by atoms with Crippen LogP contribution >= 0.6 is 0 Å². The average Bonchev–Trinajstić information content (AvgIpc) is 2.40. The second-order valence-electron chi connectivity index (χ2n) is 4.07. The molecule has 2 aromatic rings. The molecule has 3 nitrogen and oxygen atoms in total. The molecule has 17 heavy (non-hydrogen) atoms. The lowest BCUT2D eigenvalue weighted by Gasteiger charge is -2.15. The Morgan fingerprint density at radius 3 is 2.53 bits per heavy atom. The Kier molecular flexibility index (Phi) is 4.22. The van der Waals surface area contributed by atoms with Gasteiger partial charge in [0.15, 0.2) is 0 Å². The van der Waals surface area contributed by atoms with E-state index in [1.807, 2.05) is 37.8 Å². The molecule has 0 aliphatic rings. The molecule has 1 N–H and O–H groups in total. The number of rotatable bonds is 5. The van der Waals surface area contributed by atoms with Gasteiger partial charge in [-0.1, -0.05) is 6.07 Å². The van der Waals surface area contributed by atoms with Crippen molar-refractivity contribution in [2.24, 2.45) is 0 Å². The summed E-state index contributed by atoms with van der Waals surface area (Å²) in [5.41, 5.74) is 2.43. The van der Waals surface area contributed by atoms with Crippen LogP contribution in [0.25, 0.3) is 0 Å². The molecule has 2 rings (SSSR count). The molecule has 2 heterocycles. The number of hydrogen-bond donors (Lipinski definition) is 1. The first-order chi connectivity index (χ1) is 8.38. The van der Waals surface area contributed by atoms with Crippen molar-refractivity contribution in [3.8, 4) is 0 Å². The van der Waals surface area contributed by atoms with Gasteiger partial charge in [0.1, 0.15) is 0 Å². The van der Waals surface area contributed by atoms with Gasteiger partial charge < -0.3 is 5.32 Å².